The minimum Gasteiger partial charge on any atom is -0.371 e. The SMILES string of the molecule is COC(C)(C)c1noc(C2(N)CCCCCC2)n1. The van der Waals surface area contributed by atoms with E-state index in [2.05, 4.69) is 10.1 Å². The number of ether oxygens (including phenoxy) is 1. The normalized spacial score (nSPS) is 20.7. The minimum absolute atomic E-state index is 0.453. The van der Waals surface area contributed by atoms with Gasteiger partial charge in [-0.25, -0.2) is 0 Å². The Labute approximate surface area is 108 Å². The first-order chi connectivity index (χ1) is 8.48. The van der Waals surface area contributed by atoms with Gasteiger partial charge in [-0.2, -0.15) is 4.98 Å². The highest BCUT2D eigenvalue weighted by Crippen LogP contribution is 2.33. The van der Waals surface area contributed by atoms with Crippen molar-refractivity contribution < 1.29 is 9.26 Å². The molecule has 0 radical (unpaired) electrons. The van der Waals surface area contributed by atoms with Gasteiger partial charge in [-0.15, -0.1) is 0 Å². The van der Waals surface area contributed by atoms with Gasteiger partial charge in [0.15, 0.2) is 0 Å². The van der Waals surface area contributed by atoms with E-state index >= 15 is 0 Å². The van der Waals surface area contributed by atoms with Crippen molar-refractivity contribution in [1.82, 2.24) is 10.1 Å². The van der Waals surface area contributed by atoms with Crippen LogP contribution in [0.2, 0.25) is 0 Å². The third kappa shape index (κ3) is 2.57. The van der Waals surface area contributed by atoms with Crippen molar-refractivity contribution in [3.8, 4) is 0 Å². The van der Waals surface area contributed by atoms with Crippen LogP contribution in [-0.4, -0.2) is 17.3 Å². The van der Waals surface area contributed by atoms with Gasteiger partial charge < -0.3 is 15.0 Å². The van der Waals surface area contributed by atoms with Crippen molar-refractivity contribution in [3.05, 3.63) is 11.7 Å². The van der Waals surface area contributed by atoms with E-state index in [4.69, 9.17) is 15.0 Å². The van der Waals surface area contributed by atoms with Crippen LogP contribution >= 0.6 is 0 Å². The molecule has 1 aliphatic carbocycles. The van der Waals surface area contributed by atoms with Crippen molar-refractivity contribution in [1.29, 1.82) is 0 Å². The van der Waals surface area contributed by atoms with E-state index in [1.54, 1.807) is 7.11 Å². The van der Waals surface area contributed by atoms with Gasteiger partial charge in [-0.1, -0.05) is 30.8 Å². The molecular weight excluding hydrogens is 230 g/mol. The molecule has 0 atom stereocenters. The standard InChI is InChI=1S/C13H23N3O2/c1-12(2,17-3)10-15-11(18-16-10)13(14)8-6-4-5-7-9-13/h4-9,14H2,1-3H3. The lowest BCUT2D eigenvalue weighted by molar-refractivity contribution is 0.00973. The minimum atomic E-state index is -0.539. The molecular formula is C13H23N3O2. The van der Waals surface area contributed by atoms with E-state index in [1.807, 2.05) is 13.8 Å². The second-order valence-corrected chi connectivity index (χ2v) is 5.71. The highest BCUT2D eigenvalue weighted by Gasteiger charge is 2.36. The van der Waals surface area contributed by atoms with Gasteiger partial charge in [-0.05, 0) is 26.7 Å². The van der Waals surface area contributed by atoms with Gasteiger partial charge in [0, 0.05) is 7.11 Å². The van der Waals surface area contributed by atoms with Crippen molar-refractivity contribution >= 4 is 0 Å². The van der Waals surface area contributed by atoms with Gasteiger partial charge in [0.05, 0.1) is 5.54 Å². The van der Waals surface area contributed by atoms with Crippen LogP contribution in [0.5, 0.6) is 0 Å². The van der Waals surface area contributed by atoms with Crippen molar-refractivity contribution in [2.24, 2.45) is 5.73 Å². The summed E-state index contributed by atoms with van der Waals surface area (Å²) in [5.74, 6) is 1.12. The van der Waals surface area contributed by atoms with Crippen LogP contribution in [-0.2, 0) is 15.9 Å². The zero-order chi connectivity index (χ0) is 13.2. The number of hydrogen-bond acceptors (Lipinski definition) is 5. The molecule has 1 fully saturated rings. The quantitative estimate of drug-likeness (QED) is 0.837. The third-order valence-electron chi connectivity index (χ3n) is 3.90. The maximum Gasteiger partial charge on any atom is 0.246 e. The molecule has 2 rings (SSSR count). The lowest BCUT2D eigenvalue weighted by atomic mass is 9.91. The predicted octanol–water partition coefficient (Wildman–Crippen LogP) is 2.46. The second-order valence-electron chi connectivity index (χ2n) is 5.71. The molecule has 5 heteroatoms. The molecule has 1 aromatic rings. The molecule has 18 heavy (non-hydrogen) atoms. The van der Waals surface area contributed by atoms with Gasteiger partial charge >= 0.3 is 0 Å². The molecule has 102 valence electrons. The molecule has 5 nitrogen and oxygen atoms in total. The maximum absolute atomic E-state index is 6.44. The van der Waals surface area contributed by atoms with Crippen LogP contribution in [0, 0.1) is 0 Å². The number of nitrogens with two attached hydrogens (primary N) is 1. The van der Waals surface area contributed by atoms with Crippen molar-refractivity contribution in [2.45, 2.75) is 63.5 Å². The van der Waals surface area contributed by atoms with Crippen molar-refractivity contribution in [3.63, 3.8) is 0 Å². The maximum atomic E-state index is 6.44. The zero-order valence-electron chi connectivity index (χ0n) is 11.5. The van der Waals surface area contributed by atoms with Gasteiger partial charge in [0.25, 0.3) is 0 Å². The highest BCUT2D eigenvalue weighted by molar-refractivity contribution is 5.06. The molecule has 0 aliphatic heterocycles. The summed E-state index contributed by atoms with van der Waals surface area (Å²) in [4.78, 5) is 4.46. The number of nitrogens with zero attached hydrogens (tertiary/aromatic N) is 2. The number of rotatable bonds is 3. The summed E-state index contributed by atoms with van der Waals surface area (Å²) in [6, 6.07) is 0. The average molecular weight is 253 g/mol. The summed E-state index contributed by atoms with van der Waals surface area (Å²) in [5, 5.41) is 4.02. The Balaban J connectivity index is 2.23. The van der Waals surface area contributed by atoms with Crippen LogP contribution in [0.1, 0.15) is 64.1 Å². The Morgan fingerprint density at radius 2 is 1.83 bits per heavy atom. The fourth-order valence-electron chi connectivity index (χ4n) is 2.33. The molecule has 0 spiro atoms. The molecule has 0 aromatic carbocycles. The molecule has 1 heterocycles. The van der Waals surface area contributed by atoms with Crippen molar-refractivity contribution in [2.75, 3.05) is 7.11 Å². The summed E-state index contributed by atoms with van der Waals surface area (Å²) in [5.41, 5.74) is 5.45. The van der Waals surface area contributed by atoms with E-state index in [0.29, 0.717) is 11.7 Å². The van der Waals surface area contributed by atoms with Gasteiger partial charge in [0.1, 0.15) is 5.60 Å². The van der Waals surface area contributed by atoms with Crippen LogP contribution in [0.4, 0.5) is 0 Å². The summed E-state index contributed by atoms with van der Waals surface area (Å²) < 4.78 is 10.7. The predicted molar refractivity (Wildman–Crippen MR) is 67.9 cm³/mol. The largest absolute Gasteiger partial charge is 0.371 e. The van der Waals surface area contributed by atoms with Crippen LogP contribution in [0.15, 0.2) is 4.52 Å². The number of methoxy groups -OCH3 is 1. The molecule has 1 saturated carbocycles. The molecule has 0 amide bonds. The van der Waals surface area contributed by atoms with E-state index in [1.165, 1.54) is 12.8 Å². The summed E-state index contributed by atoms with van der Waals surface area (Å²) in [7, 11) is 1.64. The molecule has 0 bridgehead atoms. The van der Waals surface area contributed by atoms with E-state index in [-0.39, 0.29) is 0 Å². The van der Waals surface area contributed by atoms with E-state index < -0.39 is 11.1 Å². The molecule has 1 aliphatic rings. The monoisotopic (exact) mass is 253 g/mol. The Bertz CT molecular complexity index is 393. The van der Waals surface area contributed by atoms with Gasteiger partial charge in [-0.3, -0.25) is 0 Å². The average Bonchev–Trinajstić information content (AvgIpc) is 2.76. The summed E-state index contributed by atoms with van der Waals surface area (Å²) >= 11 is 0. The van der Waals surface area contributed by atoms with Crippen LogP contribution in [0.25, 0.3) is 0 Å². The third-order valence-corrected chi connectivity index (χ3v) is 3.90. The Kier molecular flexibility index (Phi) is 3.73. The Morgan fingerprint density at radius 3 is 2.39 bits per heavy atom. The van der Waals surface area contributed by atoms with Crippen LogP contribution in [0.3, 0.4) is 0 Å². The molecule has 1 aromatic heterocycles. The first-order valence-electron chi connectivity index (χ1n) is 6.67. The lowest BCUT2D eigenvalue weighted by Crippen LogP contribution is -2.36. The zero-order valence-corrected chi connectivity index (χ0v) is 11.5. The molecule has 0 unspecified atom stereocenters. The van der Waals surface area contributed by atoms with E-state index in [9.17, 15) is 0 Å². The summed E-state index contributed by atoms with van der Waals surface area (Å²) in [6.45, 7) is 3.83. The Morgan fingerprint density at radius 1 is 1.22 bits per heavy atom. The lowest BCUT2D eigenvalue weighted by Gasteiger charge is -2.23. The smallest absolute Gasteiger partial charge is 0.246 e. The fraction of sp³-hybridized carbons (Fsp3) is 0.846. The molecule has 2 N–H and O–H groups in total. The topological polar surface area (TPSA) is 74.2 Å². The number of aromatic nitrogens is 2. The fourth-order valence-corrected chi connectivity index (χ4v) is 2.33. The van der Waals surface area contributed by atoms with E-state index in [0.717, 1.165) is 25.7 Å². The molecule has 0 saturated heterocycles. The second kappa shape index (κ2) is 4.97. The highest BCUT2D eigenvalue weighted by atomic mass is 16.5. The Hall–Kier alpha value is -0.940. The first kappa shape index (κ1) is 13.5. The number of hydrogen-bond donors (Lipinski definition) is 1. The summed E-state index contributed by atoms with van der Waals surface area (Å²) in [6.07, 6.45) is 6.57. The first-order valence-corrected chi connectivity index (χ1v) is 6.67. The van der Waals surface area contributed by atoms with Crippen LogP contribution < -0.4 is 5.73 Å². The van der Waals surface area contributed by atoms with Gasteiger partial charge in [0.2, 0.25) is 11.7 Å².